The molecule has 0 radical (unpaired) electrons. The van der Waals surface area contributed by atoms with Crippen molar-refractivity contribution in [3.05, 3.63) is 54.6 Å². The second-order valence-electron chi connectivity index (χ2n) is 5.06. The molecule has 1 atom stereocenters. The summed E-state index contributed by atoms with van der Waals surface area (Å²) >= 11 is 0. The maximum absolute atomic E-state index is 9.86. The number of aliphatic hydroxyl groups is 1. The maximum Gasteiger partial charge on any atom is 0.0926 e. The summed E-state index contributed by atoms with van der Waals surface area (Å²) in [6, 6.07) is 11.5. The topological polar surface area (TPSA) is 20.2 Å². The van der Waals surface area contributed by atoms with Crippen LogP contribution in [0.1, 0.15) is 6.92 Å². The molecular weight excluding hydrogens is 224 g/mol. The van der Waals surface area contributed by atoms with Crippen molar-refractivity contribution in [3.63, 3.8) is 0 Å². The van der Waals surface area contributed by atoms with Gasteiger partial charge in [-0.3, -0.25) is 0 Å². The van der Waals surface area contributed by atoms with Crippen LogP contribution in [0.15, 0.2) is 54.6 Å². The van der Waals surface area contributed by atoms with E-state index in [4.69, 9.17) is 0 Å². The molecule has 0 amide bonds. The van der Waals surface area contributed by atoms with Crippen molar-refractivity contribution in [3.8, 4) is 0 Å². The van der Waals surface area contributed by atoms with Gasteiger partial charge in [-0.2, -0.15) is 0 Å². The quantitative estimate of drug-likeness (QED) is 0.625. The summed E-state index contributed by atoms with van der Waals surface area (Å²) in [5.41, 5.74) is 0.920. The summed E-state index contributed by atoms with van der Waals surface area (Å²) < 4.78 is 0. The molecule has 0 spiro atoms. The van der Waals surface area contributed by atoms with Crippen molar-refractivity contribution < 1.29 is 5.11 Å². The van der Waals surface area contributed by atoms with Crippen molar-refractivity contribution in [2.45, 2.75) is 32.2 Å². The van der Waals surface area contributed by atoms with Crippen LogP contribution >= 0.6 is 0 Å². The summed E-state index contributed by atoms with van der Waals surface area (Å²) in [4.78, 5) is 0. The molecule has 17 heavy (non-hydrogen) atoms. The van der Waals surface area contributed by atoms with E-state index in [0.717, 1.165) is 11.6 Å². The van der Waals surface area contributed by atoms with Gasteiger partial charge in [0.15, 0.2) is 0 Å². The summed E-state index contributed by atoms with van der Waals surface area (Å²) in [6.07, 6.45) is 3.15. The molecule has 2 heteroatoms. The Kier molecular flexibility index (Phi) is 4.91. The Balaban J connectivity index is 2.77. The lowest BCUT2D eigenvalue weighted by Crippen LogP contribution is -2.42. The Morgan fingerprint density at radius 3 is 2.47 bits per heavy atom. The third kappa shape index (κ3) is 3.99. The Morgan fingerprint density at radius 2 is 1.94 bits per heavy atom. The average molecular weight is 246 g/mol. The van der Waals surface area contributed by atoms with Gasteiger partial charge in [0, 0.05) is 0 Å². The summed E-state index contributed by atoms with van der Waals surface area (Å²) in [7, 11) is -1.53. The molecule has 0 saturated heterocycles. The Bertz CT molecular complexity index is 393. The predicted octanol–water partition coefficient (Wildman–Crippen LogP) is 3.10. The molecule has 0 saturated carbocycles. The lowest BCUT2D eigenvalue weighted by atomic mass is 10.2. The van der Waals surface area contributed by atoms with Gasteiger partial charge in [0.2, 0.25) is 0 Å². The van der Waals surface area contributed by atoms with Crippen LogP contribution in [0.25, 0.3) is 0 Å². The Labute approximate surface area is 106 Å². The van der Waals surface area contributed by atoms with Crippen molar-refractivity contribution in [2.75, 3.05) is 0 Å². The summed E-state index contributed by atoms with van der Waals surface area (Å²) in [5.74, 6) is 0. The predicted molar refractivity (Wildman–Crippen MR) is 78.3 cm³/mol. The monoisotopic (exact) mass is 246 g/mol. The molecule has 1 aromatic rings. The Morgan fingerprint density at radius 1 is 1.35 bits per heavy atom. The number of allylic oxidation sites excluding steroid dienone is 1. The van der Waals surface area contributed by atoms with Gasteiger partial charge < -0.3 is 5.11 Å². The van der Waals surface area contributed by atoms with Gasteiger partial charge in [0.05, 0.1) is 14.2 Å². The van der Waals surface area contributed by atoms with E-state index in [1.54, 1.807) is 6.08 Å². The van der Waals surface area contributed by atoms with Gasteiger partial charge in [-0.25, -0.2) is 0 Å². The summed E-state index contributed by atoms with van der Waals surface area (Å²) in [6.45, 7) is 10.6. The fraction of sp³-hybridized carbons (Fsp3) is 0.333. The number of aliphatic hydroxyl groups excluding tert-OH is 1. The second-order valence-corrected chi connectivity index (χ2v) is 9.75. The highest BCUT2D eigenvalue weighted by atomic mass is 28.3. The normalized spacial score (nSPS) is 13.9. The van der Waals surface area contributed by atoms with Crippen LogP contribution in [-0.2, 0) is 0 Å². The number of hydrogen-bond acceptors (Lipinski definition) is 1. The molecule has 1 nitrogen and oxygen atoms in total. The Hall–Kier alpha value is -1.12. The highest BCUT2D eigenvalue weighted by Crippen LogP contribution is 2.18. The zero-order valence-corrected chi connectivity index (χ0v) is 12.0. The smallest absolute Gasteiger partial charge is 0.0926 e. The van der Waals surface area contributed by atoms with Crippen LogP contribution in [0.2, 0.25) is 19.1 Å². The van der Waals surface area contributed by atoms with Gasteiger partial charge >= 0.3 is 0 Å². The van der Waals surface area contributed by atoms with E-state index in [2.05, 4.69) is 43.9 Å². The molecule has 0 aromatic heterocycles. The molecule has 0 heterocycles. The van der Waals surface area contributed by atoms with Gasteiger partial charge in [-0.1, -0.05) is 67.3 Å². The molecule has 1 rings (SSSR count). The van der Waals surface area contributed by atoms with Crippen LogP contribution in [0.3, 0.4) is 0 Å². The van der Waals surface area contributed by atoms with Crippen LogP contribution in [0, 0.1) is 0 Å². The SMILES string of the molecule is C=C(C[Si](C)(C)c1ccccc1)C(O)/C=C/C. The molecular formula is C15H22OSi. The molecule has 0 aliphatic carbocycles. The van der Waals surface area contributed by atoms with E-state index >= 15 is 0 Å². The lowest BCUT2D eigenvalue weighted by molar-refractivity contribution is 0.259. The first-order chi connectivity index (χ1) is 7.97. The fourth-order valence-electron chi connectivity index (χ4n) is 1.98. The van der Waals surface area contributed by atoms with Gasteiger partial charge in [0.1, 0.15) is 0 Å². The summed E-state index contributed by atoms with van der Waals surface area (Å²) in [5, 5.41) is 11.3. The van der Waals surface area contributed by atoms with Crippen LogP contribution in [-0.4, -0.2) is 19.3 Å². The highest BCUT2D eigenvalue weighted by Gasteiger charge is 2.25. The molecule has 1 aromatic carbocycles. The highest BCUT2D eigenvalue weighted by molar-refractivity contribution is 6.90. The van der Waals surface area contributed by atoms with E-state index in [0.29, 0.717) is 0 Å². The van der Waals surface area contributed by atoms with Crippen LogP contribution in [0.4, 0.5) is 0 Å². The third-order valence-electron chi connectivity index (χ3n) is 3.02. The molecule has 1 N–H and O–H groups in total. The van der Waals surface area contributed by atoms with Gasteiger partial charge in [0.25, 0.3) is 0 Å². The van der Waals surface area contributed by atoms with Crippen molar-refractivity contribution in [2.24, 2.45) is 0 Å². The van der Waals surface area contributed by atoms with E-state index in [9.17, 15) is 5.11 Å². The maximum atomic E-state index is 9.86. The molecule has 0 aliphatic heterocycles. The molecule has 0 bridgehead atoms. The van der Waals surface area contributed by atoms with Crippen molar-refractivity contribution >= 4 is 13.3 Å². The fourth-order valence-corrected chi connectivity index (χ4v) is 4.63. The number of hydrogen-bond donors (Lipinski definition) is 1. The molecule has 0 fully saturated rings. The van der Waals surface area contributed by atoms with Crippen LogP contribution in [0.5, 0.6) is 0 Å². The largest absolute Gasteiger partial charge is 0.385 e. The number of rotatable bonds is 5. The molecule has 92 valence electrons. The second kappa shape index (κ2) is 5.99. The molecule has 0 aliphatic rings. The third-order valence-corrected chi connectivity index (χ3v) is 6.25. The van der Waals surface area contributed by atoms with E-state index < -0.39 is 14.2 Å². The standard InChI is InChI=1S/C15H22OSi/c1-5-9-15(16)13(2)12-17(3,4)14-10-7-6-8-11-14/h5-11,15-16H,2,12H2,1,3-4H3/b9-5+. The lowest BCUT2D eigenvalue weighted by Gasteiger charge is -2.25. The van der Waals surface area contributed by atoms with Crippen molar-refractivity contribution in [1.82, 2.24) is 0 Å². The first-order valence-electron chi connectivity index (χ1n) is 6.01. The zero-order valence-electron chi connectivity index (χ0n) is 11.0. The first kappa shape index (κ1) is 13.9. The minimum Gasteiger partial charge on any atom is -0.385 e. The van der Waals surface area contributed by atoms with Gasteiger partial charge in [-0.15, -0.1) is 0 Å². The van der Waals surface area contributed by atoms with E-state index in [1.165, 1.54) is 5.19 Å². The van der Waals surface area contributed by atoms with E-state index in [1.807, 2.05) is 19.1 Å². The van der Waals surface area contributed by atoms with Crippen molar-refractivity contribution in [1.29, 1.82) is 0 Å². The zero-order chi connectivity index (χ0) is 12.9. The average Bonchev–Trinajstić information content (AvgIpc) is 2.30. The van der Waals surface area contributed by atoms with Gasteiger partial charge in [-0.05, 0) is 18.5 Å². The minimum absolute atomic E-state index is 0.504. The minimum atomic E-state index is -1.53. The van der Waals surface area contributed by atoms with E-state index in [-0.39, 0.29) is 0 Å². The molecule has 1 unspecified atom stereocenters. The first-order valence-corrected chi connectivity index (χ1v) is 9.22. The van der Waals surface area contributed by atoms with Crippen LogP contribution < -0.4 is 5.19 Å². The number of benzene rings is 1.